The van der Waals surface area contributed by atoms with Crippen molar-refractivity contribution < 1.29 is 24.3 Å². The van der Waals surface area contributed by atoms with E-state index in [1.807, 2.05) is 24.3 Å². The van der Waals surface area contributed by atoms with Gasteiger partial charge in [0.25, 0.3) is 0 Å². The minimum atomic E-state index is -1.21. The molecular formula is C23H34N6O5S. The number of hydrogen-bond donors (Lipinski definition) is 8. The Morgan fingerprint density at radius 3 is 2.34 bits per heavy atom. The summed E-state index contributed by atoms with van der Waals surface area (Å²) in [6, 6.07) is 3.59. The number of nitrogens with one attached hydrogen (secondary N) is 4. The molecule has 9 N–H and O–H groups in total. The molecule has 1 aromatic heterocycles. The second-order valence-electron chi connectivity index (χ2n) is 8.33. The number of nitrogens with two attached hydrogens (primary N) is 2. The Morgan fingerprint density at radius 2 is 1.69 bits per heavy atom. The molecule has 35 heavy (non-hydrogen) atoms. The molecule has 0 saturated carbocycles. The number of H-pyrrole nitrogens is 1. The van der Waals surface area contributed by atoms with Gasteiger partial charge in [-0.25, -0.2) is 0 Å². The van der Waals surface area contributed by atoms with Gasteiger partial charge in [0.15, 0.2) is 0 Å². The van der Waals surface area contributed by atoms with Gasteiger partial charge in [0.2, 0.25) is 17.7 Å². The molecule has 0 aliphatic rings. The van der Waals surface area contributed by atoms with Gasteiger partial charge < -0.3 is 37.5 Å². The van der Waals surface area contributed by atoms with Gasteiger partial charge in [-0.1, -0.05) is 18.2 Å². The summed E-state index contributed by atoms with van der Waals surface area (Å²) in [5, 5.41) is 17.5. The summed E-state index contributed by atoms with van der Waals surface area (Å²) >= 11 is 4.09. The number of carbonyl (C=O) groups is 4. The SMILES string of the molecule is CC(NC(=O)C(CS)NC(=O)C(CCCCN)NC(=O)C(N)Cc1c[nH]c2ccccc12)C(=O)O. The van der Waals surface area contributed by atoms with Crippen LogP contribution in [0.3, 0.4) is 0 Å². The predicted molar refractivity (Wildman–Crippen MR) is 136 cm³/mol. The summed E-state index contributed by atoms with van der Waals surface area (Å²) in [5.41, 5.74) is 13.5. The van der Waals surface area contributed by atoms with Crippen LogP contribution in [0.2, 0.25) is 0 Å². The molecule has 0 fully saturated rings. The van der Waals surface area contributed by atoms with Crippen LogP contribution in [0.5, 0.6) is 0 Å². The normalized spacial score (nSPS) is 14.5. The molecule has 3 amide bonds. The fourth-order valence-electron chi connectivity index (χ4n) is 3.51. The van der Waals surface area contributed by atoms with Crippen LogP contribution in [0.15, 0.2) is 30.5 Å². The van der Waals surface area contributed by atoms with E-state index >= 15 is 0 Å². The van der Waals surface area contributed by atoms with Crippen LogP contribution in [-0.2, 0) is 25.6 Å². The maximum absolute atomic E-state index is 12.9. The van der Waals surface area contributed by atoms with Gasteiger partial charge in [0.05, 0.1) is 6.04 Å². The number of aromatic amines is 1. The van der Waals surface area contributed by atoms with Crippen molar-refractivity contribution in [2.45, 2.75) is 56.8 Å². The lowest BCUT2D eigenvalue weighted by Crippen LogP contribution is -2.57. The first-order valence-electron chi connectivity index (χ1n) is 11.4. The first-order valence-corrected chi connectivity index (χ1v) is 12.1. The summed E-state index contributed by atoms with van der Waals surface area (Å²) in [5.74, 6) is -3.06. The van der Waals surface area contributed by atoms with Gasteiger partial charge in [-0.2, -0.15) is 12.6 Å². The molecule has 0 radical (unpaired) electrons. The van der Waals surface area contributed by atoms with Crippen molar-refractivity contribution in [3.63, 3.8) is 0 Å². The van der Waals surface area contributed by atoms with E-state index in [9.17, 15) is 19.2 Å². The number of carboxylic acids is 1. The van der Waals surface area contributed by atoms with Crippen molar-refractivity contribution in [2.24, 2.45) is 11.5 Å². The number of fused-ring (bicyclic) bond motifs is 1. The van der Waals surface area contributed by atoms with Crippen molar-refractivity contribution in [3.8, 4) is 0 Å². The van der Waals surface area contributed by atoms with Crippen molar-refractivity contribution in [2.75, 3.05) is 12.3 Å². The van der Waals surface area contributed by atoms with Crippen molar-refractivity contribution >= 4 is 47.2 Å². The molecule has 4 unspecified atom stereocenters. The molecule has 0 aliphatic heterocycles. The lowest BCUT2D eigenvalue weighted by atomic mass is 10.0. The van der Waals surface area contributed by atoms with E-state index in [0.29, 0.717) is 25.8 Å². The monoisotopic (exact) mass is 506 g/mol. The first-order chi connectivity index (χ1) is 16.7. The minimum absolute atomic E-state index is 0.0620. The predicted octanol–water partition coefficient (Wildman–Crippen LogP) is -0.345. The van der Waals surface area contributed by atoms with Crippen LogP contribution >= 0.6 is 12.6 Å². The van der Waals surface area contributed by atoms with E-state index < -0.39 is 47.9 Å². The molecule has 192 valence electrons. The molecule has 12 heteroatoms. The van der Waals surface area contributed by atoms with Crippen molar-refractivity contribution in [1.29, 1.82) is 0 Å². The summed E-state index contributed by atoms with van der Waals surface area (Å²) in [6.07, 6.45) is 3.58. The van der Waals surface area contributed by atoms with E-state index in [1.165, 1.54) is 6.92 Å². The highest BCUT2D eigenvalue weighted by Gasteiger charge is 2.28. The quantitative estimate of drug-likeness (QED) is 0.127. The van der Waals surface area contributed by atoms with E-state index in [4.69, 9.17) is 16.6 Å². The Morgan fingerprint density at radius 1 is 1.03 bits per heavy atom. The number of hydrogen-bond acceptors (Lipinski definition) is 7. The first kappa shape index (κ1) is 28.1. The molecule has 0 aliphatic carbocycles. The number of benzene rings is 1. The van der Waals surface area contributed by atoms with Gasteiger partial charge in [-0.05, 0) is 50.8 Å². The van der Waals surface area contributed by atoms with Crippen LogP contribution in [-0.4, -0.2) is 70.2 Å². The second kappa shape index (κ2) is 13.7. The fourth-order valence-corrected chi connectivity index (χ4v) is 3.77. The maximum atomic E-state index is 12.9. The number of amides is 3. The molecule has 0 spiro atoms. The lowest BCUT2D eigenvalue weighted by molar-refractivity contribution is -0.141. The summed E-state index contributed by atoms with van der Waals surface area (Å²) in [7, 11) is 0. The highest BCUT2D eigenvalue weighted by atomic mass is 32.1. The Kier molecular flexibility index (Phi) is 11.0. The van der Waals surface area contributed by atoms with Crippen molar-refractivity contribution in [3.05, 3.63) is 36.0 Å². The summed E-state index contributed by atoms with van der Waals surface area (Å²) in [6.45, 7) is 1.74. The molecule has 0 bridgehead atoms. The molecule has 0 saturated heterocycles. The van der Waals surface area contributed by atoms with Gasteiger partial charge in [0.1, 0.15) is 18.1 Å². The van der Waals surface area contributed by atoms with E-state index in [0.717, 1.165) is 16.5 Å². The van der Waals surface area contributed by atoms with Gasteiger partial charge in [-0.3, -0.25) is 19.2 Å². The van der Waals surface area contributed by atoms with Crippen LogP contribution in [0.25, 0.3) is 10.9 Å². The summed E-state index contributed by atoms with van der Waals surface area (Å²) < 4.78 is 0. The zero-order chi connectivity index (χ0) is 26.0. The van der Waals surface area contributed by atoms with Crippen LogP contribution in [0, 0.1) is 0 Å². The van der Waals surface area contributed by atoms with Crippen molar-refractivity contribution in [1.82, 2.24) is 20.9 Å². The number of rotatable bonds is 14. The van der Waals surface area contributed by atoms with E-state index in [1.54, 1.807) is 6.20 Å². The molecule has 1 aromatic carbocycles. The molecule has 2 rings (SSSR count). The third-order valence-electron chi connectivity index (χ3n) is 5.58. The standard InChI is InChI=1S/C23H34N6O5S/c1-13(23(33)34)27-22(32)19(12-35)29-21(31)18(8-4-5-9-24)28-20(30)16(25)10-14-11-26-17-7-3-2-6-15(14)17/h2-3,6-7,11,13,16,18-19,26,35H,4-5,8-10,12,24-25H2,1H3,(H,27,32)(H,28,30)(H,29,31)(H,33,34). The topological polar surface area (TPSA) is 192 Å². The lowest BCUT2D eigenvalue weighted by Gasteiger charge is -2.24. The zero-order valence-corrected chi connectivity index (χ0v) is 20.5. The summed E-state index contributed by atoms with van der Waals surface area (Å²) in [4.78, 5) is 52.3. The largest absolute Gasteiger partial charge is 0.480 e. The third-order valence-corrected chi connectivity index (χ3v) is 5.94. The average Bonchev–Trinajstić information content (AvgIpc) is 3.24. The molecule has 1 heterocycles. The van der Waals surface area contributed by atoms with Crippen LogP contribution in [0.4, 0.5) is 0 Å². The number of aliphatic carboxylic acids is 1. The highest BCUT2D eigenvalue weighted by molar-refractivity contribution is 7.80. The Hall–Kier alpha value is -3.09. The van der Waals surface area contributed by atoms with Gasteiger partial charge in [-0.15, -0.1) is 0 Å². The Labute approximate surface area is 209 Å². The highest BCUT2D eigenvalue weighted by Crippen LogP contribution is 2.18. The fraction of sp³-hybridized carbons (Fsp3) is 0.478. The minimum Gasteiger partial charge on any atom is -0.480 e. The Balaban J connectivity index is 2.05. The van der Waals surface area contributed by atoms with Crippen LogP contribution < -0.4 is 27.4 Å². The van der Waals surface area contributed by atoms with E-state index in [-0.39, 0.29) is 12.2 Å². The number of carboxylic acid groups (broad SMARTS) is 1. The second-order valence-corrected chi connectivity index (χ2v) is 8.69. The smallest absolute Gasteiger partial charge is 0.325 e. The third kappa shape index (κ3) is 8.26. The zero-order valence-electron chi connectivity index (χ0n) is 19.6. The molecular weight excluding hydrogens is 472 g/mol. The number of unbranched alkanes of at least 4 members (excludes halogenated alkanes) is 1. The molecule has 4 atom stereocenters. The van der Waals surface area contributed by atoms with E-state index in [2.05, 4.69) is 33.6 Å². The Bertz CT molecular complexity index is 1030. The maximum Gasteiger partial charge on any atom is 0.325 e. The molecule has 11 nitrogen and oxygen atoms in total. The number of thiol groups is 1. The average molecular weight is 507 g/mol. The van der Waals surface area contributed by atoms with Crippen LogP contribution in [0.1, 0.15) is 31.7 Å². The van der Waals surface area contributed by atoms with Gasteiger partial charge >= 0.3 is 5.97 Å². The number of para-hydroxylation sites is 1. The number of carbonyl (C=O) groups excluding carboxylic acids is 3. The molecule has 2 aromatic rings. The number of aromatic nitrogens is 1. The van der Waals surface area contributed by atoms with Gasteiger partial charge in [0, 0.05) is 22.9 Å².